The van der Waals surface area contributed by atoms with E-state index in [1.807, 2.05) is 47.1 Å². The second-order valence-electron chi connectivity index (χ2n) is 7.84. The molecule has 5 rings (SSSR count). The Hall–Kier alpha value is -4.07. The average Bonchev–Trinajstić information content (AvgIpc) is 3.21. The summed E-state index contributed by atoms with van der Waals surface area (Å²) >= 11 is 0. The lowest BCUT2D eigenvalue weighted by atomic mass is 10.0. The van der Waals surface area contributed by atoms with Gasteiger partial charge >= 0.3 is 5.97 Å². The van der Waals surface area contributed by atoms with Gasteiger partial charge in [-0.2, -0.15) is 5.10 Å². The molecule has 0 aliphatic carbocycles. The zero-order valence-corrected chi connectivity index (χ0v) is 18.3. The summed E-state index contributed by atoms with van der Waals surface area (Å²) in [5.74, 6) is -0.608. The molecule has 8 heteroatoms. The standard InChI is InChI=1S/C25H23N5O3/c1-2-33-25(32)23-19-16-29(24(31)18-9-6-10-20-22(18)27-13-12-26-20)14-11-21(19)30(28-23)15-17-7-4-3-5-8-17/h3-10,12-13H,2,11,14-16H2,1H3. The maximum absolute atomic E-state index is 13.4. The van der Waals surface area contributed by atoms with Crippen LogP contribution in [0.15, 0.2) is 60.9 Å². The highest BCUT2D eigenvalue weighted by Crippen LogP contribution is 2.26. The molecule has 0 saturated carbocycles. The Labute approximate surface area is 190 Å². The molecule has 4 aromatic rings. The van der Waals surface area contributed by atoms with Gasteiger partial charge in [0.15, 0.2) is 5.69 Å². The first kappa shape index (κ1) is 20.8. The minimum atomic E-state index is -0.467. The molecule has 0 bridgehead atoms. The number of fused-ring (bicyclic) bond motifs is 2. The van der Waals surface area contributed by atoms with Crippen LogP contribution in [0.2, 0.25) is 0 Å². The Balaban J connectivity index is 1.49. The first-order valence-corrected chi connectivity index (χ1v) is 10.9. The van der Waals surface area contributed by atoms with Crippen molar-refractivity contribution in [1.29, 1.82) is 0 Å². The summed E-state index contributed by atoms with van der Waals surface area (Å²) in [7, 11) is 0. The van der Waals surface area contributed by atoms with Gasteiger partial charge in [-0.3, -0.25) is 19.4 Å². The summed E-state index contributed by atoms with van der Waals surface area (Å²) in [6.07, 6.45) is 3.78. The van der Waals surface area contributed by atoms with Gasteiger partial charge in [0.25, 0.3) is 5.91 Å². The lowest BCUT2D eigenvalue weighted by Crippen LogP contribution is -2.37. The highest BCUT2D eigenvalue weighted by Gasteiger charge is 2.31. The Kier molecular flexibility index (Phi) is 5.56. The van der Waals surface area contributed by atoms with Crippen molar-refractivity contribution < 1.29 is 14.3 Å². The summed E-state index contributed by atoms with van der Waals surface area (Å²) in [6, 6.07) is 15.4. The Morgan fingerprint density at radius 2 is 1.85 bits per heavy atom. The van der Waals surface area contributed by atoms with Crippen LogP contribution in [0.1, 0.15) is 44.6 Å². The average molecular weight is 441 g/mol. The lowest BCUT2D eigenvalue weighted by molar-refractivity contribution is 0.0513. The number of carbonyl (C=O) groups excluding carboxylic acids is 2. The molecule has 1 aliphatic heterocycles. The molecule has 0 atom stereocenters. The van der Waals surface area contributed by atoms with Gasteiger partial charge in [0.05, 0.1) is 30.8 Å². The number of esters is 1. The van der Waals surface area contributed by atoms with Crippen LogP contribution < -0.4 is 0 Å². The van der Waals surface area contributed by atoms with Gasteiger partial charge in [0, 0.05) is 36.6 Å². The minimum Gasteiger partial charge on any atom is -0.461 e. The zero-order valence-electron chi connectivity index (χ0n) is 18.3. The Morgan fingerprint density at radius 3 is 2.67 bits per heavy atom. The number of rotatable bonds is 5. The largest absolute Gasteiger partial charge is 0.461 e. The topological polar surface area (TPSA) is 90.2 Å². The van der Waals surface area contributed by atoms with Crippen molar-refractivity contribution in [3.8, 4) is 0 Å². The third-order valence-electron chi connectivity index (χ3n) is 5.79. The van der Waals surface area contributed by atoms with E-state index in [1.165, 1.54) is 0 Å². The number of hydrogen-bond acceptors (Lipinski definition) is 6. The van der Waals surface area contributed by atoms with Crippen LogP contribution in [0.5, 0.6) is 0 Å². The Bertz CT molecular complexity index is 1330. The van der Waals surface area contributed by atoms with Crippen LogP contribution in [-0.4, -0.2) is 49.7 Å². The van der Waals surface area contributed by atoms with Gasteiger partial charge in [-0.05, 0) is 24.6 Å². The van der Waals surface area contributed by atoms with Crippen LogP contribution in [0, 0.1) is 0 Å². The summed E-state index contributed by atoms with van der Waals surface area (Å²) in [5.41, 5.74) is 4.81. The van der Waals surface area contributed by atoms with E-state index in [-0.39, 0.29) is 24.8 Å². The number of nitrogens with zero attached hydrogens (tertiary/aromatic N) is 5. The first-order valence-electron chi connectivity index (χ1n) is 10.9. The van der Waals surface area contributed by atoms with Crippen LogP contribution in [0.3, 0.4) is 0 Å². The van der Waals surface area contributed by atoms with Crippen molar-refractivity contribution >= 4 is 22.9 Å². The van der Waals surface area contributed by atoms with Gasteiger partial charge < -0.3 is 9.64 Å². The number of amides is 1. The summed E-state index contributed by atoms with van der Waals surface area (Å²) in [4.78, 5) is 36.5. The van der Waals surface area contributed by atoms with Crippen LogP contribution in [-0.2, 0) is 24.2 Å². The van der Waals surface area contributed by atoms with Crippen molar-refractivity contribution in [2.45, 2.75) is 26.4 Å². The summed E-state index contributed by atoms with van der Waals surface area (Å²) in [5, 5.41) is 4.60. The smallest absolute Gasteiger partial charge is 0.359 e. The minimum absolute atomic E-state index is 0.141. The number of ether oxygens (including phenoxy) is 1. The molecule has 1 amide bonds. The molecule has 3 heterocycles. The van der Waals surface area contributed by atoms with Crippen molar-refractivity contribution in [1.82, 2.24) is 24.6 Å². The molecular weight excluding hydrogens is 418 g/mol. The van der Waals surface area contributed by atoms with E-state index in [9.17, 15) is 9.59 Å². The molecule has 0 unspecified atom stereocenters. The fourth-order valence-corrected chi connectivity index (χ4v) is 4.25. The first-order chi connectivity index (χ1) is 16.2. The second kappa shape index (κ2) is 8.82. The van der Waals surface area contributed by atoms with E-state index in [4.69, 9.17) is 4.74 Å². The number of hydrogen-bond donors (Lipinski definition) is 0. The summed E-state index contributed by atoms with van der Waals surface area (Å²) < 4.78 is 7.12. The predicted octanol–water partition coefficient (Wildman–Crippen LogP) is 3.25. The molecule has 2 aromatic heterocycles. The van der Waals surface area contributed by atoms with Gasteiger partial charge in [-0.15, -0.1) is 0 Å². The molecule has 0 spiro atoms. The maximum atomic E-state index is 13.4. The third kappa shape index (κ3) is 3.95. The highest BCUT2D eigenvalue weighted by atomic mass is 16.5. The number of benzene rings is 2. The zero-order chi connectivity index (χ0) is 22.8. The third-order valence-corrected chi connectivity index (χ3v) is 5.79. The number of para-hydroxylation sites is 1. The number of aromatic nitrogens is 4. The second-order valence-corrected chi connectivity index (χ2v) is 7.84. The van der Waals surface area contributed by atoms with Crippen molar-refractivity contribution in [3.05, 3.63) is 89.0 Å². The maximum Gasteiger partial charge on any atom is 0.359 e. The molecule has 0 radical (unpaired) electrons. The Morgan fingerprint density at radius 1 is 1.03 bits per heavy atom. The van der Waals surface area contributed by atoms with E-state index < -0.39 is 5.97 Å². The molecule has 166 valence electrons. The molecular formula is C25H23N5O3. The molecule has 0 fully saturated rings. The van der Waals surface area contributed by atoms with Gasteiger partial charge in [-0.25, -0.2) is 4.79 Å². The SMILES string of the molecule is CCOC(=O)c1nn(Cc2ccccc2)c2c1CN(C(=O)c1cccc3nccnc13)CC2. The van der Waals surface area contributed by atoms with E-state index in [0.717, 1.165) is 16.8 Å². The molecule has 2 aromatic carbocycles. The number of carbonyl (C=O) groups is 2. The van der Waals surface area contributed by atoms with Crippen molar-refractivity contribution in [3.63, 3.8) is 0 Å². The molecule has 1 aliphatic rings. The van der Waals surface area contributed by atoms with E-state index in [1.54, 1.807) is 30.3 Å². The fourth-order valence-electron chi connectivity index (χ4n) is 4.25. The van der Waals surface area contributed by atoms with Gasteiger partial charge in [-0.1, -0.05) is 36.4 Å². The normalized spacial score (nSPS) is 13.1. The lowest BCUT2D eigenvalue weighted by Gasteiger charge is -2.28. The summed E-state index contributed by atoms with van der Waals surface area (Å²) in [6.45, 7) is 3.38. The molecule has 0 saturated heterocycles. The monoisotopic (exact) mass is 441 g/mol. The quantitative estimate of drug-likeness (QED) is 0.442. The van der Waals surface area contributed by atoms with Crippen molar-refractivity contribution in [2.75, 3.05) is 13.2 Å². The van der Waals surface area contributed by atoms with Crippen LogP contribution in [0.4, 0.5) is 0 Å². The fraction of sp³-hybridized carbons (Fsp3) is 0.240. The molecule has 0 N–H and O–H groups in total. The van der Waals surface area contributed by atoms with E-state index in [0.29, 0.717) is 36.1 Å². The van der Waals surface area contributed by atoms with Crippen LogP contribution in [0.25, 0.3) is 11.0 Å². The van der Waals surface area contributed by atoms with E-state index >= 15 is 0 Å². The highest BCUT2D eigenvalue weighted by molar-refractivity contribution is 6.04. The molecule has 33 heavy (non-hydrogen) atoms. The van der Waals surface area contributed by atoms with Crippen molar-refractivity contribution in [2.24, 2.45) is 0 Å². The predicted molar refractivity (Wildman–Crippen MR) is 122 cm³/mol. The van der Waals surface area contributed by atoms with Gasteiger partial charge in [0.2, 0.25) is 0 Å². The van der Waals surface area contributed by atoms with Gasteiger partial charge in [0.1, 0.15) is 5.52 Å². The van der Waals surface area contributed by atoms with E-state index in [2.05, 4.69) is 15.1 Å². The van der Waals surface area contributed by atoms with Crippen LogP contribution >= 0.6 is 0 Å². The molecule has 8 nitrogen and oxygen atoms in total.